The number of likely N-dealkylation sites (N-methyl/N-ethyl adjacent to an activating group) is 1. The number of amides is 2. The molecule has 2 rings (SSSR count). The van der Waals surface area contributed by atoms with Crippen LogP contribution in [0.2, 0.25) is 0 Å². The fourth-order valence-corrected chi connectivity index (χ4v) is 2.40. The molecule has 1 aromatic carbocycles. The molecular weight excluding hydrogens is 258 g/mol. The number of carboxylic acids is 1. The third kappa shape index (κ3) is 3.27. The predicted molar refractivity (Wildman–Crippen MR) is 76.2 cm³/mol. The summed E-state index contributed by atoms with van der Waals surface area (Å²) in [5.74, 6) is -1.05. The van der Waals surface area contributed by atoms with E-state index < -0.39 is 5.97 Å². The lowest BCUT2D eigenvalue weighted by Gasteiger charge is -2.16. The smallest absolute Gasteiger partial charge is 0.337 e. The number of nitrogens with one attached hydrogen (secondary N) is 2. The first-order valence-corrected chi connectivity index (χ1v) is 6.56. The molecule has 3 N–H and O–H groups in total. The largest absolute Gasteiger partial charge is 0.478 e. The molecule has 0 spiro atoms. The SMILES string of the molecule is Cc1cccc(C(=O)O)c1NC(=O)NC1CCN(C)C1. The maximum Gasteiger partial charge on any atom is 0.337 e. The molecule has 1 fully saturated rings. The summed E-state index contributed by atoms with van der Waals surface area (Å²) < 4.78 is 0. The molecule has 1 aliphatic rings. The van der Waals surface area contributed by atoms with E-state index in [9.17, 15) is 9.59 Å². The minimum Gasteiger partial charge on any atom is -0.478 e. The van der Waals surface area contributed by atoms with Gasteiger partial charge >= 0.3 is 12.0 Å². The van der Waals surface area contributed by atoms with E-state index in [4.69, 9.17) is 5.11 Å². The number of urea groups is 1. The van der Waals surface area contributed by atoms with Crippen molar-refractivity contribution in [3.05, 3.63) is 29.3 Å². The Kier molecular flexibility index (Phi) is 4.24. The average Bonchev–Trinajstić information content (AvgIpc) is 2.77. The van der Waals surface area contributed by atoms with Crippen molar-refractivity contribution in [3.8, 4) is 0 Å². The van der Waals surface area contributed by atoms with Gasteiger partial charge in [-0.05, 0) is 38.6 Å². The summed E-state index contributed by atoms with van der Waals surface area (Å²) in [7, 11) is 2.00. The number of nitrogens with zero attached hydrogens (tertiary/aromatic N) is 1. The maximum absolute atomic E-state index is 12.0. The number of likely N-dealkylation sites (tertiary alicyclic amines) is 1. The topological polar surface area (TPSA) is 81.7 Å². The number of hydrogen-bond donors (Lipinski definition) is 3. The van der Waals surface area contributed by atoms with Gasteiger partial charge < -0.3 is 20.6 Å². The monoisotopic (exact) mass is 277 g/mol. The molecule has 0 aliphatic carbocycles. The molecule has 0 saturated carbocycles. The molecule has 108 valence electrons. The Morgan fingerprint density at radius 3 is 2.75 bits per heavy atom. The van der Waals surface area contributed by atoms with Crippen molar-refractivity contribution < 1.29 is 14.7 Å². The normalized spacial score (nSPS) is 18.8. The number of carbonyl (C=O) groups excluding carboxylic acids is 1. The molecule has 6 nitrogen and oxygen atoms in total. The van der Waals surface area contributed by atoms with Crippen LogP contribution in [0.5, 0.6) is 0 Å². The van der Waals surface area contributed by atoms with Gasteiger partial charge in [0.25, 0.3) is 0 Å². The van der Waals surface area contributed by atoms with Crippen molar-refractivity contribution in [2.24, 2.45) is 0 Å². The van der Waals surface area contributed by atoms with Crippen molar-refractivity contribution in [3.63, 3.8) is 0 Å². The second-order valence-electron chi connectivity index (χ2n) is 5.15. The molecule has 1 aromatic rings. The first-order valence-electron chi connectivity index (χ1n) is 6.56. The van der Waals surface area contributed by atoms with Crippen LogP contribution in [0.25, 0.3) is 0 Å². The second-order valence-corrected chi connectivity index (χ2v) is 5.15. The summed E-state index contributed by atoms with van der Waals surface area (Å²) in [6, 6.07) is 4.66. The summed E-state index contributed by atoms with van der Waals surface area (Å²) in [6.07, 6.45) is 0.906. The summed E-state index contributed by atoms with van der Waals surface area (Å²) in [6.45, 7) is 3.54. The van der Waals surface area contributed by atoms with Crippen molar-refractivity contribution in [2.45, 2.75) is 19.4 Å². The first kappa shape index (κ1) is 14.3. The lowest BCUT2D eigenvalue weighted by atomic mass is 10.1. The molecule has 1 atom stereocenters. The van der Waals surface area contributed by atoms with Crippen LogP contribution in [-0.2, 0) is 0 Å². The van der Waals surface area contributed by atoms with Gasteiger partial charge in [0.15, 0.2) is 0 Å². The summed E-state index contributed by atoms with van der Waals surface area (Å²) in [4.78, 5) is 25.3. The fraction of sp³-hybridized carbons (Fsp3) is 0.429. The van der Waals surface area contributed by atoms with Crippen molar-refractivity contribution >= 4 is 17.7 Å². The summed E-state index contributed by atoms with van der Waals surface area (Å²) >= 11 is 0. The maximum atomic E-state index is 12.0. The molecule has 1 heterocycles. The Morgan fingerprint density at radius 1 is 1.40 bits per heavy atom. The Labute approximate surface area is 117 Å². The van der Waals surface area contributed by atoms with Gasteiger partial charge in [-0.15, -0.1) is 0 Å². The minimum atomic E-state index is -1.05. The second kappa shape index (κ2) is 5.92. The number of rotatable bonds is 3. The number of aromatic carboxylic acids is 1. The minimum absolute atomic E-state index is 0.101. The molecule has 20 heavy (non-hydrogen) atoms. The molecule has 0 aromatic heterocycles. The van der Waals surface area contributed by atoms with E-state index in [1.165, 1.54) is 6.07 Å². The van der Waals surface area contributed by atoms with Crippen LogP contribution in [0.15, 0.2) is 18.2 Å². The van der Waals surface area contributed by atoms with E-state index in [1.54, 1.807) is 19.1 Å². The van der Waals surface area contributed by atoms with E-state index >= 15 is 0 Å². The van der Waals surface area contributed by atoms with Crippen LogP contribution in [0.4, 0.5) is 10.5 Å². The quantitative estimate of drug-likeness (QED) is 0.782. The van der Waals surface area contributed by atoms with Crippen LogP contribution in [0.1, 0.15) is 22.3 Å². The molecular formula is C14H19N3O3. The van der Waals surface area contributed by atoms with E-state index in [-0.39, 0.29) is 17.6 Å². The van der Waals surface area contributed by atoms with E-state index in [2.05, 4.69) is 15.5 Å². The Balaban J connectivity index is 2.06. The van der Waals surface area contributed by atoms with Crippen LogP contribution in [0, 0.1) is 6.92 Å². The van der Waals surface area contributed by atoms with Gasteiger partial charge in [-0.25, -0.2) is 9.59 Å². The Morgan fingerprint density at radius 2 is 2.15 bits per heavy atom. The van der Waals surface area contributed by atoms with Gasteiger partial charge in [0.05, 0.1) is 11.3 Å². The molecule has 0 radical (unpaired) electrons. The standard InChI is InChI=1S/C14H19N3O3/c1-9-4-3-5-11(13(18)19)12(9)16-14(20)15-10-6-7-17(2)8-10/h3-5,10H,6-8H2,1-2H3,(H,18,19)(H2,15,16,20). The number of benzene rings is 1. The van der Waals surface area contributed by atoms with Crippen LogP contribution < -0.4 is 10.6 Å². The fourth-order valence-electron chi connectivity index (χ4n) is 2.40. The van der Waals surface area contributed by atoms with Crippen LogP contribution in [0.3, 0.4) is 0 Å². The highest BCUT2D eigenvalue weighted by molar-refractivity contribution is 6.01. The van der Waals surface area contributed by atoms with Gasteiger partial charge in [-0.3, -0.25) is 0 Å². The molecule has 1 saturated heterocycles. The number of carbonyl (C=O) groups is 2. The third-order valence-corrected chi connectivity index (χ3v) is 3.47. The number of hydrogen-bond acceptors (Lipinski definition) is 3. The Bertz CT molecular complexity index is 530. The predicted octanol–water partition coefficient (Wildman–Crippen LogP) is 1.52. The van der Waals surface area contributed by atoms with E-state index in [0.717, 1.165) is 25.1 Å². The number of aryl methyl sites for hydroxylation is 1. The lowest BCUT2D eigenvalue weighted by molar-refractivity contribution is 0.0698. The van der Waals surface area contributed by atoms with Crippen LogP contribution in [-0.4, -0.2) is 48.2 Å². The highest BCUT2D eigenvalue weighted by Crippen LogP contribution is 2.20. The van der Waals surface area contributed by atoms with E-state index in [1.807, 2.05) is 7.05 Å². The Hall–Kier alpha value is -2.08. The molecule has 1 aliphatic heterocycles. The molecule has 6 heteroatoms. The zero-order valence-electron chi connectivity index (χ0n) is 11.6. The zero-order chi connectivity index (χ0) is 14.7. The third-order valence-electron chi connectivity index (χ3n) is 3.47. The van der Waals surface area contributed by atoms with Gasteiger partial charge in [0.1, 0.15) is 0 Å². The number of para-hydroxylation sites is 1. The molecule has 1 unspecified atom stereocenters. The lowest BCUT2D eigenvalue weighted by Crippen LogP contribution is -2.39. The van der Waals surface area contributed by atoms with Crippen molar-refractivity contribution in [1.82, 2.24) is 10.2 Å². The highest BCUT2D eigenvalue weighted by Gasteiger charge is 2.22. The van der Waals surface area contributed by atoms with Crippen molar-refractivity contribution in [1.29, 1.82) is 0 Å². The molecule has 2 amide bonds. The zero-order valence-corrected chi connectivity index (χ0v) is 11.6. The van der Waals surface area contributed by atoms with Crippen LogP contribution >= 0.6 is 0 Å². The van der Waals surface area contributed by atoms with Crippen molar-refractivity contribution in [2.75, 3.05) is 25.5 Å². The van der Waals surface area contributed by atoms with Gasteiger partial charge in [0.2, 0.25) is 0 Å². The van der Waals surface area contributed by atoms with Gasteiger partial charge in [-0.1, -0.05) is 12.1 Å². The van der Waals surface area contributed by atoms with Gasteiger partial charge in [0, 0.05) is 12.6 Å². The number of anilines is 1. The van der Waals surface area contributed by atoms with E-state index in [0.29, 0.717) is 5.69 Å². The van der Waals surface area contributed by atoms with Gasteiger partial charge in [-0.2, -0.15) is 0 Å². The first-order chi connectivity index (χ1) is 9.47. The average molecular weight is 277 g/mol. The number of carboxylic acid groups (broad SMARTS) is 1. The highest BCUT2D eigenvalue weighted by atomic mass is 16.4. The summed E-state index contributed by atoms with van der Waals surface area (Å²) in [5.41, 5.74) is 1.18. The summed E-state index contributed by atoms with van der Waals surface area (Å²) in [5, 5.41) is 14.7. The molecule has 0 bridgehead atoms.